The standard InChI is InChI=1S/C16H16N2O4/c17-14(19)8-3-5-11(6-4-8)18-15(20)12-9-1-2-10(7-9)13(12)16(21)22/h1-6,9-10,12-13H,7H2,(H2,17,19)(H,18,20)(H,21,22)/t9-,10-,12+,13+/m0/s1. The van der Waals surface area contributed by atoms with Crippen molar-refractivity contribution in [3.05, 3.63) is 42.0 Å². The van der Waals surface area contributed by atoms with E-state index in [1.54, 1.807) is 12.1 Å². The lowest BCUT2D eigenvalue weighted by Crippen LogP contribution is -2.36. The van der Waals surface area contributed by atoms with Gasteiger partial charge in [0, 0.05) is 11.3 Å². The van der Waals surface area contributed by atoms with Gasteiger partial charge in [-0.3, -0.25) is 14.4 Å². The molecule has 2 bridgehead atoms. The Kier molecular flexibility index (Phi) is 3.44. The molecule has 0 unspecified atom stereocenters. The van der Waals surface area contributed by atoms with E-state index in [4.69, 9.17) is 5.73 Å². The smallest absolute Gasteiger partial charge is 0.307 e. The van der Waals surface area contributed by atoms with Crippen LogP contribution >= 0.6 is 0 Å². The van der Waals surface area contributed by atoms with Crippen molar-refractivity contribution in [2.75, 3.05) is 5.32 Å². The van der Waals surface area contributed by atoms with Crippen LogP contribution in [0.5, 0.6) is 0 Å². The largest absolute Gasteiger partial charge is 0.481 e. The summed E-state index contributed by atoms with van der Waals surface area (Å²) in [6.07, 6.45) is 4.55. The fourth-order valence-electron chi connectivity index (χ4n) is 3.46. The lowest BCUT2D eigenvalue weighted by atomic mass is 9.82. The molecule has 0 spiro atoms. The molecule has 0 radical (unpaired) electrons. The summed E-state index contributed by atoms with van der Waals surface area (Å²) in [6, 6.07) is 6.20. The van der Waals surface area contributed by atoms with Crippen LogP contribution in [0.15, 0.2) is 36.4 Å². The first-order valence-electron chi connectivity index (χ1n) is 7.09. The molecule has 3 rings (SSSR count). The number of anilines is 1. The van der Waals surface area contributed by atoms with Crippen molar-refractivity contribution >= 4 is 23.5 Å². The molecule has 0 saturated heterocycles. The molecule has 6 heteroatoms. The van der Waals surface area contributed by atoms with Crippen LogP contribution in [0.3, 0.4) is 0 Å². The summed E-state index contributed by atoms with van der Waals surface area (Å²) in [6.45, 7) is 0. The number of carboxylic acid groups (broad SMARTS) is 1. The van der Waals surface area contributed by atoms with Gasteiger partial charge in [0.2, 0.25) is 11.8 Å². The lowest BCUT2D eigenvalue weighted by Gasteiger charge is -2.23. The van der Waals surface area contributed by atoms with Crippen molar-refractivity contribution in [3.8, 4) is 0 Å². The Morgan fingerprint density at radius 1 is 1.05 bits per heavy atom. The van der Waals surface area contributed by atoms with Gasteiger partial charge in [0.1, 0.15) is 0 Å². The monoisotopic (exact) mass is 300 g/mol. The van der Waals surface area contributed by atoms with Crippen LogP contribution < -0.4 is 11.1 Å². The fourth-order valence-corrected chi connectivity index (χ4v) is 3.46. The van der Waals surface area contributed by atoms with Gasteiger partial charge in [-0.1, -0.05) is 12.2 Å². The normalized spacial score (nSPS) is 28.5. The van der Waals surface area contributed by atoms with Crippen LogP contribution in [0.2, 0.25) is 0 Å². The van der Waals surface area contributed by atoms with Crippen LogP contribution in [-0.4, -0.2) is 22.9 Å². The van der Waals surface area contributed by atoms with Crippen molar-refractivity contribution in [1.82, 2.24) is 0 Å². The third kappa shape index (κ3) is 2.36. The Morgan fingerprint density at radius 2 is 1.64 bits per heavy atom. The van der Waals surface area contributed by atoms with Gasteiger partial charge < -0.3 is 16.2 Å². The van der Waals surface area contributed by atoms with Crippen LogP contribution in [0.1, 0.15) is 16.8 Å². The number of hydrogen-bond donors (Lipinski definition) is 3. The number of hydrogen-bond acceptors (Lipinski definition) is 3. The highest BCUT2D eigenvalue weighted by Gasteiger charge is 2.51. The maximum Gasteiger partial charge on any atom is 0.307 e. The maximum atomic E-state index is 12.4. The van der Waals surface area contributed by atoms with Crippen LogP contribution in [0.25, 0.3) is 0 Å². The molecule has 22 heavy (non-hydrogen) atoms. The summed E-state index contributed by atoms with van der Waals surface area (Å²) in [5.41, 5.74) is 6.03. The van der Waals surface area contributed by atoms with Gasteiger partial charge in [0.15, 0.2) is 0 Å². The van der Waals surface area contributed by atoms with Crippen molar-refractivity contribution in [2.45, 2.75) is 6.42 Å². The molecule has 1 aromatic carbocycles. The molecule has 114 valence electrons. The molecular formula is C16H16N2O4. The molecule has 0 aromatic heterocycles. The number of amides is 2. The summed E-state index contributed by atoms with van der Waals surface area (Å²) >= 11 is 0. The molecule has 4 atom stereocenters. The number of carboxylic acids is 1. The van der Waals surface area contributed by atoms with E-state index in [-0.39, 0.29) is 17.7 Å². The Labute approximate surface area is 127 Å². The fraction of sp³-hybridized carbons (Fsp3) is 0.312. The maximum absolute atomic E-state index is 12.4. The molecule has 2 aliphatic carbocycles. The summed E-state index contributed by atoms with van der Waals surface area (Å²) in [4.78, 5) is 34.9. The topological polar surface area (TPSA) is 109 Å². The van der Waals surface area contributed by atoms with Gasteiger partial charge in [0.05, 0.1) is 11.8 Å². The van der Waals surface area contributed by atoms with Crippen LogP contribution in [0, 0.1) is 23.7 Å². The quantitative estimate of drug-likeness (QED) is 0.727. The Bertz CT molecular complexity index is 665. The molecule has 2 amide bonds. The molecule has 4 N–H and O–H groups in total. The summed E-state index contributed by atoms with van der Waals surface area (Å²) in [7, 11) is 0. The average molecular weight is 300 g/mol. The second kappa shape index (κ2) is 5.29. The number of carbonyl (C=O) groups excluding carboxylic acids is 2. The SMILES string of the molecule is NC(=O)c1ccc(NC(=O)[C@H]2[C@H](C(=O)O)[C@H]3C=C[C@H]2C3)cc1. The molecule has 1 fully saturated rings. The first-order chi connectivity index (χ1) is 10.5. The molecule has 0 heterocycles. The van der Waals surface area contributed by atoms with Gasteiger partial charge in [-0.2, -0.15) is 0 Å². The Morgan fingerprint density at radius 3 is 2.18 bits per heavy atom. The summed E-state index contributed by atoms with van der Waals surface area (Å²) < 4.78 is 0. The van der Waals surface area contributed by atoms with Crippen LogP contribution in [0.4, 0.5) is 5.69 Å². The van der Waals surface area contributed by atoms with Crippen molar-refractivity contribution in [2.24, 2.45) is 29.4 Å². The Balaban J connectivity index is 1.75. The van der Waals surface area contributed by atoms with E-state index in [0.717, 1.165) is 6.42 Å². The molecule has 2 aliphatic rings. The first-order valence-corrected chi connectivity index (χ1v) is 7.09. The predicted molar refractivity (Wildman–Crippen MR) is 78.9 cm³/mol. The van der Waals surface area contributed by atoms with E-state index in [9.17, 15) is 19.5 Å². The second-order valence-corrected chi connectivity index (χ2v) is 5.77. The highest BCUT2D eigenvalue weighted by molar-refractivity contribution is 5.97. The minimum Gasteiger partial charge on any atom is -0.481 e. The van der Waals surface area contributed by atoms with Gasteiger partial charge in [-0.15, -0.1) is 0 Å². The molecule has 1 aromatic rings. The van der Waals surface area contributed by atoms with E-state index in [1.807, 2.05) is 12.2 Å². The van der Waals surface area contributed by atoms with Gasteiger partial charge in [-0.25, -0.2) is 0 Å². The Hall–Kier alpha value is -2.63. The predicted octanol–water partition coefficient (Wildman–Crippen LogP) is 1.25. The van der Waals surface area contributed by atoms with E-state index >= 15 is 0 Å². The van der Waals surface area contributed by atoms with E-state index < -0.39 is 23.7 Å². The second-order valence-electron chi connectivity index (χ2n) is 5.77. The third-order valence-electron chi connectivity index (χ3n) is 4.48. The molecular weight excluding hydrogens is 284 g/mol. The first kappa shape index (κ1) is 14.3. The zero-order valence-electron chi connectivity index (χ0n) is 11.7. The minimum atomic E-state index is -0.930. The van der Waals surface area contributed by atoms with Crippen molar-refractivity contribution in [3.63, 3.8) is 0 Å². The number of fused-ring (bicyclic) bond motifs is 2. The summed E-state index contributed by atoms with van der Waals surface area (Å²) in [5, 5.41) is 12.1. The van der Waals surface area contributed by atoms with E-state index in [2.05, 4.69) is 5.32 Å². The van der Waals surface area contributed by atoms with Gasteiger partial charge >= 0.3 is 5.97 Å². The van der Waals surface area contributed by atoms with Crippen LogP contribution in [-0.2, 0) is 9.59 Å². The van der Waals surface area contributed by atoms with E-state index in [1.165, 1.54) is 12.1 Å². The molecule has 6 nitrogen and oxygen atoms in total. The number of nitrogens with two attached hydrogens (primary N) is 1. The van der Waals surface area contributed by atoms with Crippen molar-refractivity contribution in [1.29, 1.82) is 0 Å². The molecule has 1 saturated carbocycles. The zero-order chi connectivity index (χ0) is 15.9. The van der Waals surface area contributed by atoms with Gasteiger partial charge in [0.25, 0.3) is 0 Å². The number of nitrogens with one attached hydrogen (secondary N) is 1. The number of benzene rings is 1. The number of allylic oxidation sites excluding steroid dienone is 2. The number of carbonyl (C=O) groups is 3. The summed E-state index contributed by atoms with van der Waals surface area (Å²) in [5.74, 6) is -3.06. The van der Waals surface area contributed by atoms with Crippen molar-refractivity contribution < 1.29 is 19.5 Å². The van der Waals surface area contributed by atoms with E-state index in [0.29, 0.717) is 11.3 Å². The highest BCUT2D eigenvalue weighted by atomic mass is 16.4. The number of aliphatic carboxylic acids is 1. The highest BCUT2D eigenvalue weighted by Crippen LogP contribution is 2.48. The number of primary amides is 1. The lowest BCUT2D eigenvalue weighted by molar-refractivity contribution is -0.146. The number of rotatable bonds is 4. The molecule has 0 aliphatic heterocycles. The zero-order valence-corrected chi connectivity index (χ0v) is 11.7. The minimum absolute atomic E-state index is 0.0176. The van der Waals surface area contributed by atoms with Gasteiger partial charge in [-0.05, 0) is 42.5 Å². The third-order valence-corrected chi connectivity index (χ3v) is 4.48. The average Bonchev–Trinajstić information content (AvgIpc) is 3.08.